The van der Waals surface area contributed by atoms with Crippen molar-refractivity contribution in [2.45, 2.75) is 10.8 Å². The maximum Gasteiger partial charge on any atom is 0.0197 e. The molecular formula is C58H51P5. The Kier molecular flexibility index (Phi) is 15.3. The molecule has 0 nitrogen and oxygen atoms in total. The van der Waals surface area contributed by atoms with Crippen molar-refractivity contribution in [3.8, 4) is 0 Å². The standard InChI is InChI=1S/C58H51P5/c1-10-28-48(29-11-1)59(46-57(60(49-30-12-2-13-31-49)50-32-14-3-15-33-50)61(51-34-16-4-17-35-51)52-36-18-5-19-37-52)47-58(62(53-38-20-6-21-39-53)54-40-22-7-23-41-54)63(55-42-24-8-25-43-55)56-44-26-9-27-45-56/h1-45,57-58H,46-47H2. The molecule has 0 atom stereocenters. The van der Waals surface area contributed by atoms with Crippen molar-refractivity contribution in [2.75, 3.05) is 12.3 Å². The molecule has 0 unspecified atom stereocenters. The first-order chi connectivity index (χ1) is 31.3. The minimum atomic E-state index is -0.799. The van der Waals surface area contributed by atoms with E-state index in [9.17, 15) is 0 Å². The number of hydrogen-bond donors (Lipinski definition) is 0. The van der Waals surface area contributed by atoms with Crippen molar-refractivity contribution in [1.29, 1.82) is 0 Å². The second-order valence-electron chi connectivity index (χ2n) is 15.4. The van der Waals surface area contributed by atoms with Gasteiger partial charge in [0.2, 0.25) is 0 Å². The molecular weight excluding hydrogens is 852 g/mol. The molecule has 9 rings (SSSR count). The van der Waals surface area contributed by atoms with E-state index in [-0.39, 0.29) is 0 Å². The normalized spacial score (nSPS) is 11.7. The molecule has 0 N–H and O–H groups in total. The van der Waals surface area contributed by atoms with Crippen molar-refractivity contribution in [2.24, 2.45) is 0 Å². The molecule has 0 fully saturated rings. The first kappa shape index (κ1) is 43.4. The largest absolute Gasteiger partial charge is 0.0732 e. The van der Waals surface area contributed by atoms with E-state index in [4.69, 9.17) is 0 Å². The predicted molar refractivity (Wildman–Crippen MR) is 287 cm³/mol. The van der Waals surface area contributed by atoms with Crippen molar-refractivity contribution in [3.63, 3.8) is 0 Å². The highest BCUT2D eigenvalue weighted by Gasteiger charge is 2.40. The molecule has 9 aromatic carbocycles. The second-order valence-corrected chi connectivity index (χ2v) is 28.1. The van der Waals surface area contributed by atoms with Gasteiger partial charge in [0.15, 0.2) is 0 Å². The highest BCUT2D eigenvalue weighted by Crippen LogP contribution is 2.64. The molecule has 0 heterocycles. The van der Waals surface area contributed by atoms with Crippen molar-refractivity contribution in [1.82, 2.24) is 0 Å². The van der Waals surface area contributed by atoms with Gasteiger partial charge >= 0.3 is 0 Å². The lowest BCUT2D eigenvalue weighted by Gasteiger charge is -2.41. The Balaban J connectivity index is 1.29. The zero-order valence-electron chi connectivity index (χ0n) is 35.3. The molecule has 0 aliphatic heterocycles. The average molecular weight is 903 g/mol. The van der Waals surface area contributed by atoms with E-state index >= 15 is 0 Å². The summed E-state index contributed by atoms with van der Waals surface area (Å²) in [5.74, 6) is 0. The summed E-state index contributed by atoms with van der Waals surface area (Å²) in [5, 5.41) is 13.8. The van der Waals surface area contributed by atoms with Gasteiger partial charge in [-0.15, -0.1) is 0 Å². The quantitative estimate of drug-likeness (QED) is 0.0799. The SMILES string of the molecule is c1ccc(P(CC(P(c2ccccc2)c2ccccc2)P(c2ccccc2)c2ccccc2)CC(P(c2ccccc2)c2ccccc2)P(c2ccccc2)c2ccccc2)cc1. The third-order valence-electron chi connectivity index (χ3n) is 11.4. The van der Waals surface area contributed by atoms with E-state index in [1.54, 1.807) is 0 Å². The predicted octanol–water partition coefficient (Wildman–Crippen LogP) is 12.0. The second kappa shape index (κ2) is 22.2. The van der Waals surface area contributed by atoms with Crippen LogP contribution in [0.2, 0.25) is 0 Å². The zero-order chi connectivity index (χ0) is 42.5. The van der Waals surface area contributed by atoms with Crippen LogP contribution in [0.3, 0.4) is 0 Å². The van der Waals surface area contributed by atoms with Gasteiger partial charge in [0.1, 0.15) is 0 Å². The third kappa shape index (κ3) is 10.7. The molecule has 0 bridgehead atoms. The van der Waals surface area contributed by atoms with Crippen LogP contribution in [-0.2, 0) is 0 Å². The summed E-state index contributed by atoms with van der Waals surface area (Å²) in [6.07, 6.45) is 2.22. The summed E-state index contributed by atoms with van der Waals surface area (Å²) in [6, 6.07) is 104. The molecule has 0 amide bonds. The van der Waals surface area contributed by atoms with Gasteiger partial charge in [-0.1, -0.05) is 281 Å². The van der Waals surface area contributed by atoms with Gasteiger partial charge < -0.3 is 0 Å². The Bertz CT molecular complexity index is 2180. The molecule has 0 spiro atoms. The summed E-state index contributed by atoms with van der Waals surface area (Å²) >= 11 is 0. The van der Waals surface area contributed by atoms with Crippen LogP contribution in [0.15, 0.2) is 273 Å². The highest BCUT2D eigenvalue weighted by atomic mass is 31.2. The van der Waals surface area contributed by atoms with Gasteiger partial charge in [-0.2, -0.15) is 0 Å². The maximum absolute atomic E-state index is 2.46. The smallest absolute Gasteiger partial charge is 0.0197 e. The van der Waals surface area contributed by atoms with Crippen molar-refractivity contribution in [3.05, 3.63) is 273 Å². The van der Waals surface area contributed by atoms with E-state index in [1.807, 2.05) is 0 Å². The third-order valence-corrected chi connectivity index (χ3v) is 27.9. The topological polar surface area (TPSA) is 0 Å². The summed E-state index contributed by atoms with van der Waals surface area (Å²) in [6.45, 7) is 0. The average Bonchev–Trinajstić information content (AvgIpc) is 3.37. The lowest BCUT2D eigenvalue weighted by molar-refractivity contribution is 1.32. The molecule has 9 aromatic rings. The van der Waals surface area contributed by atoms with Gasteiger partial charge in [-0.05, 0) is 91.8 Å². The summed E-state index contributed by atoms with van der Waals surface area (Å²) in [7, 11) is -3.92. The summed E-state index contributed by atoms with van der Waals surface area (Å²) in [4.78, 5) is 0. The Morgan fingerprint density at radius 1 is 0.190 bits per heavy atom. The first-order valence-electron chi connectivity index (χ1n) is 21.7. The molecule has 0 aliphatic carbocycles. The van der Waals surface area contributed by atoms with Crippen LogP contribution < -0.4 is 47.7 Å². The number of benzene rings is 9. The first-order valence-corrected chi connectivity index (χ1v) is 29.0. The van der Waals surface area contributed by atoms with Crippen LogP contribution in [0.5, 0.6) is 0 Å². The van der Waals surface area contributed by atoms with Gasteiger partial charge in [0.05, 0.1) is 0 Å². The molecule has 0 saturated heterocycles. The van der Waals surface area contributed by atoms with Crippen molar-refractivity contribution >= 4 is 87.3 Å². The van der Waals surface area contributed by atoms with Crippen LogP contribution in [0, 0.1) is 0 Å². The Hall–Kier alpha value is -4.87. The monoisotopic (exact) mass is 902 g/mol. The van der Waals surface area contributed by atoms with Crippen LogP contribution in [-0.4, -0.2) is 23.1 Å². The van der Waals surface area contributed by atoms with Gasteiger partial charge in [0.25, 0.3) is 0 Å². The molecule has 0 aliphatic rings. The van der Waals surface area contributed by atoms with Gasteiger partial charge in [-0.25, -0.2) is 0 Å². The molecule has 0 radical (unpaired) electrons. The molecule has 0 saturated carbocycles. The molecule has 308 valence electrons. The Labute approximate surface area is 381 Å². The lowest BCUT2D eigenvalue weighted by atomic mass is 10.4. The van der Waals surface area contributed by atoms with Crippen molar-refractivity contribution < 1.29 is 0 Å². The van der Waals surface area contributed by atoms with E-state index in [1.165, 1.54) is 47.7 Å². The lowest BCUT2D eigenvalue weighted by Crippen LogP contribution is -2.33. The van der Waals surface area contributed by atoms with Crippen LogP contribution in [0.25, 0.3) is 0 Å². The molecule has 63 heavy (non-hydrogen) atoms. The fraction of sp³-hybridized carbons (Fsp3) is 0.0690. The fourth-order valence-corrected chi connectivity index (χ4v) is 28.4. The minimum Gasteiger partial charge on any atom is -0.0732 e. The highest BCUT2D eigenvalue weighted by molar-refractivity contribution is 7.92. The fourth-order valence-electron chi connectivity index (χ4n) is 8.56. The van der Waals surface area contributed by atoms with E-state index < -0.39 is 39.6 Å². The van der Waals surface area contributed by atoms with E-state index in [0.717, 1.165) is 12.3 Å². The number of rotatable bonds is 17. The van der Waals surface area contributed by atoms with Crippen LogP contribution in [0.4, 0.5) is 0 Å². The summed E-state index contributed by atoms with van der Waals surface area (Å²) in [5.41, 5.74) is 0. The molecule has 0 aromatic heterocycles. The van der Waals surface area contributed by atoms with Crippen LogP contribution in [0.1, 0.15) is 0 Å². The van der Waals surface area contributed by atoms with E-state index in [0.29, 0.717) is 10.8 Å². The van der Waals surface area contributed by atoms with E-state index in [2.05, 4.69) is 273 Å². The molecule has 5 heteroatoms. The van der Waals surface area contributed by atoms with Gasteiger partial charge in [-0.3, -0.25) is 0 Å². The Morgan fingerprint density at radius 2 is 0.333 bits per heavy atom. The maximum atomic E-state index is 2.46. The van der Waals surface area contributed by atoms with Gasteiger partial charge in [0, 0.05) is 10.8 Å². The summed E-state index contributed by atoms with van der Waals surface area (Å²) < 4.78 is 0. The minimum absolute atomic E-state index is 0.357. The zero-order valence-corrected chi connectivity index (χ0v) is 39.8. The van der Waals surface area contributed by atoms with Crippen LogP contribution >= 0.6 is 39.6 Å². The Morgan fingerprint density at radius 3 is 0.492 bits per heavy atom. The number of hydrogen-bond acceptors (Lipinski definition) is 0.